The number of carbonyl (C=O) groups is 6. The second-order valence-corrected chi connectivity index (χ2v) is 8.52. The van der Waals surface area contributed by atoms with Crippen LogP contribution in [0.2, 0.25) is 0 Å². The quantitative estimate of drug-likeness (QED) is 0.154. The van der Waals surface area contributed by atoms with Crippen molar-refractivity contribution >= 4 is 35.6 Å². The van der Waals surface area contributed by atoms with Gasteiger partial charge in [-0.1, -0.05) is 44.2 Å². The van der Waals surface area contributed by atoms with E-state index in [-0.39, 0.29) is 12.8 Å². The minimum atomic E-state index is -1.68. The topological polar surface area (TPSA) is 225 Å². The van der Waals surface area contributed by atoms with Crippen molar-refractivity contribution < 1.29 is 44.1 Å². The molecule has 4 unspecified atom stereocenters. The summed E-state index contributed by atoms with van der Waals surface area (Å²) in [5.74, 6) is -7.43. The van der Waals surface area contributed by atoms with Crippen molar-refractivity contribution in [3.05, 3.63) is 35.9 Å². The molecule has 1 rings (SSSR count). The van der Waals surface area contributed by atoms with Crippen LogP contribution in [-0.4, -0.2) is 75.1 Å². The Hall–Kier alpha value is -4.00. The van der Waals surface area contributed by atoms with Gasteiger partial charge in [0.1, 0.15) is 18.1 Å². The van der Waals surface area contributed by atoms with E-state index < -0.39 is 78.6 Å². The smallest absolute Gasteiger partial charge is 0.326 e. The largest absolute Gasteiger partial charge is 0.481 e. The summed E-state index contributed by atoms with van der Waals surface area (Å²) >= 11 is 0. The summed E-state index contributed by atoms with van der Waals surface area (Å²) in [7, 11) is 0. The summed E-state index contributed by atoms with van der Waals surface area (Å²) in [5, 5.41) is 34.2. The van der Waals surface area contributed by atoms with Crippen LogP contribution < -0.4 is 21.7 Å². The monoisotopic (exact) mass is 508 g/mol. The van der Waals surface area contributed by atoms with E-state index in [0.717, 1.165) is 5.56 Å². The Labute approximate surface area is 207 Å². The lowest BCUT2D eigenvalue weighted by Crippen LogP contribution is -2.58. The highest BCUT2D eigenvalue weighted by Crippen LogP contribution is 2.07. The lowest BCUT2D eigenvalue weighted by Gasteiger charge is -2.25. The predicted molar refractivity (Wildman–Crippen MR) is 126 cm³/mol. The van der Waals surface area contributed by atoms with E-state index in [1.54, 1.807) is 30.3 Å². The number of carboxylic acid groups (broad SMARTS) is 3. The lowest BCUT2D eigenvalue weighted by atomic mass is 10.0. The lowest BCUT2D eigenvalue weighted by molar-refractivity contribution is -0.144. The molecule has 0 saturated carbocycles. The standard InChI is InChI=1S/C23H32N4O9/c1-12(2)19(23(35)36)27-22(34)16(11-18(30)31)26-21(33)15(8-9-17(28)29)25-20(32)14(24)10-13-6-4-3-5-7-13/h3-7,12,14-16,19H,8-11,24H2,1-2H3,(H,25,32)(H,26,33)(H,27,34)(H,28,29)(H,30,31)(H,35,36). The third kappa shape index (κ3) is 10.5. The first-order chi connectivity index (χ1) is 16.8. The van der Waals surface area contributed by atoms with Crippen LogP contribution in [-0.2, 0) is 35.2 Å². The number of carboxylic acids is 3. The van der Waals surface area contributed by atoms with Crippen molar-refractivity contribution in [1.82, 2.24) is 16.0 Å². The molecule has 0 saturated heterocycles. The summed E-state index contributed by atoms with van der Waals surface area (Å²) < 4.78 is 0. The zero-order valence-corrected chi connectivity index (χ0v) is 20.0. The number of benzene rings is 1. The molecule has 1 aromatic carbocycles. The Morgan fingerprint density at radius 3 is 1.86 bits per heavy atom. The Morgan fingerprint density at radius 1 is 0.806 bits per heavy atom. The number of aliphatic carboxylic acids is 3. The molecule has 4 atom stereocenters. The zero-order chi connectivity index (χ0) is 27.4. The van der Waals surface area contributed by atoms with E-state index >= 15 is 0 Å². The van der Waals surface area contributed by atoms with Gasteiger partial charge >= 0.3 is 17.9 Å². The van der Waals surface area contributed by atoms with E-state index in [1.165, 1.54) is 13.8 Å². The summed E-state index contributed by atoms with van der Waals surface area (Å²) in [5.41, 5.74) is 6.68. The second-order valence-electron chi connectivity index (χ2n) is 8.52. The van der Waals surface area contributed by atoms with E-state index in [2.05, 4.69) is 16.0 Å². The van der Waals surface area contributed by atoms with Crippen molar-refractivity contribution in [1.29, 1.82) is 0 Å². The highest BCUT2D eigenvalue weighted by molar-refractivity contribution is 5.95. The molecule has 0 aliphatic heterocycles. The first-order valence-corrected chi connectivity index (χ1v) is 11.2. The van der Waals surface area contributed by atoms with Crippen molar-refractivity contribution in [2.45, 2.75) is 63.7 Å². The van der Waals surface area contributed by atoms with Crippen molar-refractivity contribution in [2.75, 3.05) is 0 Å². The second kappa shape index (κ2) is 14.4. The number of carbonyl (C=O) groups excluding carboxylic acids is 3. The van der Waals surface area contributed by atoms with Crippen LogP contribution in [0.15, 0.2) is 30.3 Å². The van der Waals surface area contributed by atoms with Gasteiger partial charge in [0.05, 0.1) is 12.5 Å². The van der Waals surface area contributed by atoms with Gasteiger partial charge in [-0.15, -0.1) is 0 Å². The molecule has 0 aliphatic carbocycles. The number of nitrogens with two attached hydrogens (primary N) is 1. The fourth-order valence-corrected chi connectivity index (χ4v) is 3.20. The van der Waals surface area contributed by atoms with E-state index in [0.29, 0.717) is 0 Å². The number of amides is 3. The van der Waals surface area contributed by atoms with Crippen LogP contribution in [0.1, 0.15) is 38.7 Å². The van der Waals surface area contributed by atoms with E-state index in [9.17, 15) is 33.9 Å². The molecule has 3 amide bonds. The molecule has 1 aromatic rings. The highest BCUT2D eigenvalue weighted by Gasteiger charge is 2.32. The Balaban J connectivity index is 3.00. The van der Waals surface area contributed by atoms with Crippen LogP contribution in [0, 0.1) is 5.92 Å². The molecule has 8 N–H and O–H groups in total. The summed E-state index contributed by atoms with van der Waals surface area (Å²) in [6, 6.07) is 3.24. The van der Waals surface area contributed by atoms with Crippen LogP contribution >= 0.6 is 0 Å². The number of hydrogen-bond donors (Lipinski definition) is 7. The first-order valence-electron chi connectivity index (χ1n) is 11.2. The molecule has 13 nitrogen and oxygen atoms in total. The molecule has 0 heterocycles. The average molecular weight is 509 g/mol. The van der Waals surface area contributed by atoms with E-state index in [4.69, 9.17) is 15.9 Å². The van der Waals surface area contributed by atoms with Gasteiger partial charge in [-0.2, -0.15) is 0 Å². The summed E-state index contributed by atoms with van der Waals surface area (Å²) in [6.45, 7) is 3.06. The van der Waals surface area contributed by atoms with Crippen molar-refractivity contribution in [3.63, 3.8) is 0 Å². The van der Waals surface area contributed by atoms with Crippen molar-refractivity contribution in [2.24, 2.45) is 11.7 Å². The molecule has 0 bridgehead atoms. The van der Waals surface area contributed by atoms with Gasteiger partial charge in [0.25, 0.3) is 0 Å². The fourth-order valence-electron chi connectivity index (χ4n) is 3.20. The van der Waals surface area contributed by atoms with Gasteiger partial charge in [-0.3, -0.25) is 24.0 Å². The molecule has 0 aromatic heterocycles. The maximum Gasteiger partial charge on any atom is 0.326 e. The number of hydrogen-bond acceptors (Lipinski definition) is 7. The van der Waals surface area contributed by atoms with Gasteiger partial charge in [-0.25, -0.2) is 4.79 Å². The predicted octanol–water partition coefficient (Wildman–Crippen LogP) is -0.909. The van der Waals surface area contributed by atoms with Crippen LogP contribution in [0.3, 0.4) is 0 Å². The average Bonchev–Trinajstić information content (AvgIpc) is 2.78. The number of nitrogens with one attached hydrogen (secondary N) is 3. The molecule has 0 aliphatic rings. The molecule has 0 fully saturated rings. The molecule has 0 radical (unpaired) electrons. The van der Waals surface area contributed by atoms with Gasteiger partial charge in [0.15, 0.2) is 0 Å². The third-order valence-electron chi connectivity index (χ3n) is 5.16. The zero-order valence-electron chi connectivity index (χ0n) is 20.0. The van der Waals surface area contributed by atoms with Gasteiger partial charge in [0.2, 0.25) is 17.7 Å². The Kier molecular flexibility index (Phi) is 12.0. The Bertz CT molecular complexity index is 952. The Morgan fingerprint density at radius 2 is 1.36 bits per heavy atom. The number of rotatable bonds is 15. The fraction of sp³-hybridized carbons (Fsp3) is 0.478. The molecule has 0 spiro atoms. The molecule has 13 heteroatoms. The van der Waals surface area contributed by atoms with Crippen LogP contribution in [0.4, 0.5) is 0 Å². The van der Waals surface area contributed by atoms with Crippen molar-refractivity contribution in [3.8, 4) is 0 Å². The minimum absolute atomic E-state index is 0.135. The minimum Gasteiger partial charge on any atom is -0.481 e. The first kappa shape index (κ1) is 30.0. The maximum atomic E-state index is 12.9. The van der Waals surface area contributed by atoms with Gasteiger partial charge < -0.3 is 37.0 Å². The summed E-state index contributed by atoms with van der Waals surface area (Å²) in [4.78, 5) is 71.8. The molecule has 198 valence electrons. The van der Waals surface area contributed by atoms with Crippen LogP contribution in [0.25, 0.3) is 0 Å². The SMILES string of the molecule is CC(C)C(NC(=O)C(CC(=O)O)NC(=O)C(CCC(=O)O)NC(=O)C(N)Cc1ccccc1)C(=O)O. The molecular weight excluding hydrogens is 476 g/mol. The maximum absolute atomic E-state index is 12.9. The van der Waals surface area contributed by atoms with Crippen LogP contribution in [0.5, 0.6) is 0 Å². The van der Waals surface area contributed by atoms with Gasteiger partial charge in [-0.05, 0) is 24.3 Å². The van der Waals surface area contributed by atoms with Gasteiger partial charge in [0, 0.05) is 6.42 Å². The summed E-state index contributed by atoms with van der Waals surface area (Å²) in [6.07, 6.45) is -1.63. The molecule has 36 heavy (non-hydrogen) atoms. The normalized spacial score (nSPS) is 14.1. The highest BCUT2D eigenvalue weighted by atomic mass is 16.4. The van der Waals surface area contributed by atoms with E-state index in [1.807, 2.05) is 0 Å². The third-order valence-corrected chi connectivity index (χ3v) is 5.16. The molecular formula is C23H32N4O9.